The maximum atomic E-state index is 5.55. The van der Waals surface area contributed by atoms with Crippen LogP contribution < -0.4 is 10.1 Å². The Bertz CT molecular complexity index is 516. The zero-order chi connectivity index (χ0) is 14.2. The fourth-order valence-corrected chi connectivity index (χ4v) is 2.06. The molecule has 2 rings (SSSR count). The molecule has 0 saturated heterocycles. The second-order valence-corrected chi connectivity index (χ2v) is 4.65. The lowest BCUT2D eigenvalue weighted by atomic mass is 10.0. The van der Waals surface area contributed by atoms with Gasteiger partial charge in [-0.25, -0.2) is 9.97 Å². The summed E-state index contributed by atoms with van der Waals surface area (Å²) in [6.07, 6.45) is 3.35. The van der Waals surface area contributed by atoms with Crippen molar-refractivity contribution in [3.05, 3.63) is 54.0 Å². The number of likely N-dealkylation sites (N-methyl/N-ethyl adjacent to an activating group) is 1. The highest BCUT2D eigenvalue weighted by Crippen LogP contribution is 2.18. The van der Waals surface area contributed by atoms with Gasteiger partial charge in [-0.15, -0.1) is 0 Å². The zero-order valence-corrected chi connectivity index (χ0v) is 12.0. The van der Waals surface area contributed by atoms with Gasteiger partial charge in [0.1, 0.15) is 6.33 Å². The minimum Gasteiger partial charge on any atom is -0.478 e. The maximum absolute atomic E-state index is 5.55. The lowest BCUT2D eigenvalue weighted by Gasteiger charge is -2.16. The van der Waals surface area contributed by atoms with E-state index < -0.39 is 0 Å². The van der Waals surface area contributed by atoms with Gasteiger partial charge in [0.15, 0.2) is 0 Å². The topological polar surface area (TPSA) is 47.0 Å². The summed E-state index contributed by atoms with van der Waals surface area (Å²) in [5.41, 5.74) is 2.24. The molecule has 1 atom stereocenters. The van der Waals surface area contributed by atoms with E-state index in [4.69, 9.17) is 4.74 Å². The van der Waals surface area contributed by atoms with Gasteiger partial charge in [-0.05, 0) is 19.0 Å². The van der Waals surface area contributed by atoms with Gasteiger partial charge >= 0.3 is 0 Å². The first kappa shape index (κ1) is 14.5. The third-order valence-corrected chi connectivity index (χ3v) is 3.12. The van der Waals surface area contributed by atoms with Gasteiger partial charge in [0, 0.05) is 24.2 Å². The standard InChI is InChI=1S/C16H21N3O/c1-3-9-20-16-11-14(18-12-19-16)10-15(17-2)13-7-5-4-6-8-13/h4-8,11-12,15,17H,3,9-10H2,1-2H3. The number of rotatable bonds is 7. The summed E-state index contributed by atoms with van der Waals surface area (Å²) in [5.74, 6) is 0.653. The maximum Gasteiger partial charge on any atom is 0.216 e. The Balaban J connectivity index is 2.07. The minimum absolute atomic E-state index is 0.241. The fourth-order valence-electron chi connectivity index (χ4n) is 2.06. The number of hydrogen-bond donors (Lipinski definition) is 1. The van der Waals surface area contributed by atoms with Gasteiger partial charge < -0.3 is 10.1 Å². The summed E-state index contributed by atoms with van der Waals surface area (Å²) in [6.45, 7) is 2.76. The average Bonchev–Trinajstić information content (AvgIpc) is 2.52. The van der Waals surface area contributed by atoms with Crippen molar-refractivity contribution in [2.24, 2.45) is 0 Å². The van der Waals surface area contributed by atoms with Crippen LogP contribution in [0.1, 0.15) is 30.6 Å². The van der Waals surface area contributed by atoms with Crippen molar-refractivity contribution in [3.8, 4) is 5.88 Å². The molecule has 0 aliphatic carbocycles. The number of hydrogen-bond acceptors (Lipinski definition) is 4. The smallest absolute Gasteiger partial charge is 0.216 e. The first-order valence-electron chi connectivity index (χ1n) is 6.99. The number of nitrogens with one attached hydrogen (secondary N) is 1. The third-order valence-electron chi connectivity index (χ3n) is 3.12. The second-order valence-electron chi connectivity index (χ2n) is 4.65. The number of benzene rings is 1. The fraction of sp³-hybridized carbons (Fsp3) is 0.375. The molecule has 1 unspecified atom stereocenters. The number of ether oxygens (including phenoxy) is 1. The summed E-state index contributed by atoms with van der Waals surface area (Å²) in [7, 11) is 1.97. The molecule has 1 N–H and O–H groups in total. The Kier molecular flexibility index (Phi) is 5.50. The van der Waals surface area contributed by atoms with E-state index >= 15 is 0 Å². The molecule has 0 amide bonds. The van der Waals surface area contributed by atoms with Crippen molar-refractivity contribution >= 4 is 0 Å². The molecule has 0 fully saturated rings. The number of aromatic nitrogens is 2. The molecule has 0 aliphatic heterocycles. The Morgan fingerprint density at radius 1 is 1.20 bits per heavy atom. The van der Waals surface area contributed by atoms with E-state index in [0.717, 1.165) is 18.5 Å². The Hall–Kier alpha value is -1.94. The van der Waals surface area contributed by atoms with Crippen LogP contribution in [-0.2, 0) is 6.42 Å². The van der Waals surface area contributed by atoms with Crippen LogP contribution in [0.2, 0.25) is 0 Å². The van der Waals surface area contributed by atoms with Crippen LogP contribution in [0.5, 0.6) is 5.88 Å². The van der Waals surface area contributed by atoms with Gasteiger partial charge in [-0.2, -0.15) is 0 Å². The van der Waals surface area contributed by atoms with Crippen LogP contribution in [0.15, 0.2) is 42.7 Å². The van der Waals surface area contributed by atoms with Gasteiger partial charge in [0.05, 0.1) is 6.61 Å². The molecule has 2 aromatic rings. The molecule has 0 bridgehead atoms. The molecule has 4 nitrogen and oxygen atoms in total. The van der Waals surface area contributed by atoms with Crippen LogP contribution in [0.3, 0.4) is 0 Å². The van der Waals surface area contributed by atoms with Crippen LogP contribution in [0.4, 0.5) is 0 Å². The van der Waals surface area contributed by atoms with E-state index in [0.29, 0.717) is 12.5 Å². The summed E-state index contributed by atoms with van der Waals surface area (Å²) >= 11 is 0. The largest absolute Gasteiger partial charge is 0.478 e. The van der Waals surface area contributed by atoms with Crippen molar-refractivity contribution in [1.82, 2.24) is 15.3 Å². The Labute approximate surface area is 120 Å². The van der Waals surface area contributed by atoms with E-state index in [2.05, 4.69) is 46.5 Å². The minimum atomic E-state index is 0.241. The summed E-state index contributed by atoms with van der Waals surface area (Å²) in [6, 6.07) is 12.5. The van der Waals surface area contributed by atoms with E-state index in [1.165, 1.54) is 5.56 Å². The zero-order valence-electron chi connectivity index (χ0n) is 12.0. The molecule has 4 heteroatoms. The molecule has 1 aromatic heterocycles. The average molecular weight is 271 g/mol. The Morgan fingerprint density at radius 2 is 2.00 bits per heavy atom. The van der Waals surface area contributed by atoms with E-state index in [1.807, 2.05) is 19.2 Å². The molecular weight excluding hydrogens is 250 g/mol. The molecule has 106 valence electrons. The summed E-state index contributed by atoms with van der Waals surface area (Å²) < 4.78 is 5.55. The van der Waals surface area contributed by atoms with E-state index in [-0.39, 0.29) is 6.04 Å². The predicted octanol–water partition coefficient (Wildman–Crippen LogP) is 2.77. The Morgan fingerprint density at radius 3 is 2.70 bits per heavy atom. The monoisotopic (exact) mass is 271 g/mol. The van der Waals surface area contributed by atoms with Crippen molar-refractivity contribution in [2.75, 3.05) is 13.7 Å². The van der Waals surface area contributed by atoms with Crippen LogP contribution in [-0.4, -0.2) is 23.6 Å². The molecular formula is C16H21N3O. The van der Waals surface area contributed by atoms with Gasteiger partial charge in [0.25, 0.3) is 0 Å². The SMILES string of the molecule is CCCOc1cc(CC(NC)c2ccccc2)ncn1. The van der Waals surface area contributed by atoms with Gasteiger partial charge in [-0.3, -0.25) is 0 Å². The molecule has 0 spiro atoms. The van der Waals surface area contributed by atoms with Crippen molar-refractivity contribution < 1.29 is 4.74 Å². The molecule has 1 aromatic carbocycles. The molecule has 1 heterocycles. The van der Waals surface area contributed by atoms with Gasteiger partial charge in [0.2, 0.25) is 5.88 Å². The second kappa shape index (κ2) is 7.60. The van der Waals surface area contributed by atoms with Gasteiger partial charge in [-0.1, -0.05) is 37.3 Å². The summed E-state index contributed by atoms with van der Waals surface area (Å²) in [4.78, 5) is 8.46. The van der Waals surface area contributed by atoms with Crippen LogP contribution >= 0.6 is 0 Å². The van der Waals surface area contributed by atoms with Crippen molar-refractivity contribution in [3.63, 3.8) is 0 Å². The van der Waals surface area contributed by atoms with E-state index in [1.54, 1.807) is 6.33 Å². The molecule has 0 radical (unpaired) electrons. The third kappa shape index (κ3) is 4.03. The van der Waals surface area contributed by atoms with Crippen molar-refractivity contribution in [1.29, 1.82) is 0 Å². The lowest BCUT2D eigenvalue weighted by molar-refractivity contribution is 0.304. The van der Waals surface area contributed by atoms with E-state index in [9.17, 15) is 0 Å². The molecule has 20 heavy (non-hydrogen) atoms. The molecule has 0 aliphatic rings. The highest BCUT2D eigenvalue weighted by molar-refractivity contribution is 5.22. The normalized spacial score (nSPS) is 12.1. The predicted molar refractivity (Wildman–Crippen MR) is 79.8 cm³/mol. The lowest BCUT2D eigenvalue weighted by Crippen LogP contribution is -2.19. The van der Waals surface area contributed by atoms with Crippen LogP contribution in [0.25, 0.3) is 0 Å². The highest BCUT2D eigenvalue weighted by atomic mass is 16.5. The number of nitrogens with zero attached hydrogens (tertiary/aromatic N) is 2. The first-order chi connectivity index (χ1) is 9.83. The van der Waals surface area contributed by atoms with Crippen LogP contribution in [0, 0.1) is 0 Å². The van der Waals surface area contributed by atoms with Crippen molar-refractivity contribution in [2.45, 2.75) is 25.8 Å². The summed E-state index contributed by atoms with van der Waals surface area (Å²) in [5, 5.41) is 3.33. The first-order valence-corrected chi connectivity index (χ1v) is 6.99. The highest BCUT2D eigenvalue weighted by Gasteiger charge is 2.11. The quantitative estimate of drug-likeness (QED) is 0.841. The molecule has 0 saturated carbocycles.